The van der Waals surface area contributed by atoms with Crippen LogP contribution in [0.25, 0.3) is 0 Å². The first-order chi connectivity index (χ1) is 6.60. The number of carbonyl (C=O) groups is 1. The molecular formula is C9H12N2O3. The van der Waals surface area contributed by atoms with Crippen molar-refractivity contribution in [2.24, 2.45) is 0 Å². The summed E-state index contributed by atoms with van der Waals surface area (Å²) in [5.74, 6) is -0.244. The number of nitrogens with two attached hydrogens (primary N) is 2. The van der Waals surface area contributed by atoms with Crippen molar-refractivity contribution >= 4 is 17.3 Å². The molecular weight excluding hydrogens is 184 g/mol. The highest BCUT2D eigenvalue weighted by Gasteiger charge is 2.15. The third-order valence-electron chi connectivity index (χ3n) is 1.75. The Morgan fingerprint density at radius 1 is 1.29 bits per heavy atom. The second-order valence-corrected chi connectivity index (χ2v) is 2.68. The molecule has 0 heterocycles. The van der Waals surface area contributed by atoms with Crippen LogP contribution in [0.2, 0.25) is 0 Å². The average Bonchev–Trinajstić information content (AvgIpc) is 2.15. The van der Waals surface area contributed by atoms with Gasteiger partial charge in [-0.15, -0.1) is 0 Å². The van der Waals surface area contributed by atoms with Gasteiger partial charge in [0.05, 0.1) is 19.9 Å². The minimum atomic E-state index is -0.527. The fraction of sp³-hybridized carbons (Fsp3) is 0.222. The van der Waals surface area contributed by atoms with Crippen LogP contribution in [0.15, 0.2) is 12.1 Å². The van der Waals surface area contributed by atoms with Crippen molar-refractivity contribution < 1.29 is 14.3 Å². The lowest BCUT2D eigenvalue weighted by atomic mass is 10.1. The predicted molar refractivity (Wildman–Crippen MR) is 53.2 cm³/mol. The highest BCUT2D eigenvalue weighted by Crippen LogP contribution is 2.29. The number of esters is 1. The van der Waals surface area contributed by atoms with Gasteiger partial charge in [-0.2, -0.15) is 0 Å². The van der Waals surface area contributed by atoms with Crippen LogP contribution in [0.5, 0.6) is 5.75 Å². The van der Waals surface area contributed by atoms with Gasteiger partial charge in [0, 0.05) is 5.69 Å². The van der Waals surface area contributed by atoms with E-state index in [1.165, 1.54) is 26.4 Å². The maximum Gasteiger partial charge on any atom is 0.341 e. The number of hydrogen-bond donors (Lipinski definition) is 2. The fourth-order valence-electron chi connectivity index (χ4n) is 1.16. The van der Waals surface area contributed by atoms with Gasteiger partial charge in [0.1, 0.15) is 5.56 Å². The summed E-state index contributed by atoms with van der Waals surface area (Å²) < 4.78 is 9.53. The Morgan fingerprint density at radius 2 is 1.93 bits per heavy atom. The Balaban J connectivity index is 3.32. The van der Waals surface area contributed by atoms with Crippen molar-refractivity contribution in [2.75, 3.05) is 25.7 Å². The van der Waals surface area contributed by atoms with Gasteiger partial charge in [-0.25, -0.2) is 4.79 Å². The zero-order valence-electron chi connectivity index (χ0n) is 8.03. The molecule has 0 aliphatic carbocycles. The molecule has 0 fully saturated rings. The van der Waals surface area contributed by atoms with E-state index in [9.17, 15) is 4.79 Å². The van der Waals surface area contributed by atoms with Gasteiger partial charge >= 0.3 is 5.97 Å². The summed E-state index contributed by atoms with van der Waals surface area (Å²) in [5, 5.41) is 0. The van der Waals surface area contributed by atoms with E-state index in [-0.39, 0.29) is 11.3 Å². The zero-order chi connectivity index (χ0) is 10.7. The van der Waals surface area contributed by atoms with Gasteiger partial charge in [0.2, 0.25) is 0 Å². The summed E-state index contributed by atoms with van der Waals surface area (Å²) in [6.07, 6.45) is 0. The van der Waals surface area contributed by atoms with Crippen molar-refractivity contribution in [3.05, 3.63) is 17.7 Å². The number of nitrogen functional groups attached to an aromatic ring is 2. The third kappa shape index (κ3) is 1.71. The Labute approximate surface area is 81.6 Å². The molecule has 4 N–H and O–H groups in total. The highest BCUT2D eigenvalue weighted by atomic mass is 16.5. The number of carbonyl (C=O) groups excluding carboxylic acids is 1. The molecule has 1 rings (SSSR count). The second kappa shape index (κ2) is 3.87. The van der Waals surface area contributed by atoms with Gasteiger partial charge in [0.25, 0.3) is 0 Å². The summed E-state index contributed by atoms with van der Waals surface area (Å²) in [4.78, 5) is 11.3. The quantitative estimate of drug-likeness (QED) is 0.535. The van der Waals surface area contributed by atoms with Crippen LogP contribution in [-0.2, 0) is 4.74 Å². The molecule has 1 aromatic rings. The molecule has 0 atom stereocenters. The van der Waals surface area contributed by atoms with Crippen LogP contribution in [0.1, 0.15) is 10.4 Å². The Hall–Kier alpha value is -1.91. The molecule has 0 unspecified atom stereocenters. The summed E-state index contributed by atoms with van der Waals surface area (Å²) in [6.45, 7) is 0. The summed E-state index contributed by atoms with van der Waals surface area (Å²) >= 11 is 0. The average molecular weight is 196 g/mol. The minimum Gasteiger partial charge on any atom is -0.494 e. The second-order valence-electron chi connectivity index (χ2n) is 2.68. The van der Waals surface area contributed by atoms with Gasteiger partial charge in [-0.1, -0.05) is 0 Å². The molecule has 0 bridgehead atoms. The molecule has 0 spiro atoms. The predicted octanol–water partition coefficient (Wildman–Crippen LogP) is 0.646. The van der Waals surface area contributed by atoms with Gasteiger partial charge in [-0.05, 0) is 12.1 Å². The number of hydrogen-bond acceptors (Lipinski definition) is 5. The molecule has 0 radical (unpaired) electrons. The van der Waals surface area contributed by atoms with E-state index in [0.29, 0.717) is 11.4 Å². The molecule has 0 aliphatic rings. The van der Waals surface area contributed by atoms with Crippen molar-refractivity contribution in [3.63, 3.8) is 0 Å². The third-order valence-corrected chi connectivity index (χ3v) is 1.75. The van der Waals surface area contributed by atoms with Crippen LogP contribution in [0.4, 0.5) is 11.4 Å². The molecule has 5 nitrogen and oxygen atoms in total. The highest BCUT2D eigenvalue weighted by molar-refractivity contribution is 5.96. The molecule has 0 saturated carbocycles. The molecule has 0 aliphatic heterocycles. The largest absolute Gasteiger partial charge is 0.494 e. The van der Waals surface area contributed by atoms with Crippen molar-refractivity contribution in [1.82, 2.24) is 0 Å². The van der Waals surface area contributed by atoms with Gasteiger partial charge < -0.3 is 20.9 Å². The number of ether oxygens (including phenoxy) is 2. The van der Waals surface area contributed by atoms with Crippen LogP contribution >= 0.6 is 0 Å². The summed E-state index contributed by atoms with van der Waals surface area (Å²) in [7, 11) is 2.70. The van der Waals surface area contributed by atoms with Gasteiger partial charge in [-0.3, -0.25) is 0 Å². The van der Waals surface area contributed by atoms with E-state index < -0.39 is 5.97 Å². The maximum atomic E-state index is 11.3. The normalized spacial score (nSPS) is 9.57. The van der Waals surface area contributed by atoms with Crippen LogP contribution in [0, 0.1) is 0 Å². The standard InChI is InChI=1S/C9H12N2O3/c1-13-8-6(9(12)14-2)3-5(10)4-7(8)11/h3-4H,10-11H2,1-2H3. The monoisotopic (exact) mass is 196 g/mol. The Kier molecular flexibility index (Phi) is 2.81. The van der Waals surface area contributed by atoms with Crippen molar-refractivity contribution in [3.8, 4) is 5.75 Å². The van der Waals surface area contributed by atoms with Crippen LogP contribution in [-0.4, -0.2) is 20.2 Å². The van der Waals surface area contributed by atoms with E-state index in [4.69, 9.17) is 16.2 Å². The molecule has 1 aromatic carbocycles. The topological polar surface area (TPSA) is 87.6 Å². The smallest absolute Gasteiger partial charge is 0.341 e. The van der Waals surface area contributed by atoms with Crippen LogP contribution < -0.4 is 16.2 Å². The van der Waals surface area contributed by atoms with E-state index in [0.717, 1.165) is 0 Å². The van der Waals surface area contributed by atoms with Gasteiger partial charge in [0.15, 0.2) is 5.75 Å². The molecule has 0 saturated heterocycles. The number of anilines is 2. The molecule has 5 heteroatoms. The molecule has 0 amide bonds. The lowest BCUT2D eigenvalue weighted by molar-refractivity contribution is 0.0597. The number of rotatable bonds is 2. The summed E-state index contributed by atoms with van der Waals surface area (Å²) in [5.41, 5.74) is 12.1. The number of benzene rings is 1. The fourth-order valence-corrected chi connectivity index (χ4v) is 1.16. The van der Waals surface area contributed by atoms with Crippen molar-refractivity contribution in [1.29, 1.82) is 0 Å². The van der Waals surface area contributed by atoms with Crippen molar-refractivity contribution in [2.45, 2.75) is 0 Å². The first kappa shape index (κ1) is 10.2. The number of methoxy groups -OCH3 is 2. The SMILES string of the molecule is COC(=O)c1cc(N)cc(N)c1OC. The molecule has 76 valence electrons. The first-order valence-corrected chi connectivity index (χ1v) is 3.91. The van der Waals surface area contributed by atoms with E-state index >= 15 is 0 Å². The van der Waals surface area contributed by atoms with E-state index in [1.807, 2.05) is 0 Å². The summed E-state index contributed by atoms with van der Waals surface area (Å²) in [6, 6.07) is 2.98. The first-order valence-electron chi connectivity index (χ1n) is 3.91. The lowest BCUT2D eigenvalue weighted by Crippen LogP contribution is -2.07. The maximum absolute atomic E-state index is 11.3. The van der Waals surface area contributed by atoms with E-state index in [1.54, 1.807) is 0 Å². The Bertz CT molecular complexity index is 363. The molecule has 0 aromatic heterocycles. The van der Waals surface area contributed by atoms with Crippen LogP contribution in [0.3, 0.4) is 0 Å². The van der Waals surface area contributed by atoms with E-state index in [2.05, 4.69) is 4.74 Å². The Morgan fingerprint density at radius 3 is 2.43 bits per heavy atom. The lowest BCUT2D eigenvalue weighted by Gasteiger charge is -2.10. The molecule has 14 heavy (non-hydrogen) atoms. The minimum absolute atomic E-state index is 0.229. The zero-order valence-corrected chi connectivity index (χ0v) is 8.03.